The van der Waals surface area contributed by atoms with Crippen molar-refractivity contribution in [3.05, 3.63) is 45.7 Å². The zero-order valence-electron chi connectivity index (χ0n) is 11.5. The van der Waals surface area contributed by atoms with Gasteiger partial charge in [-0.3, -0.25) is 4.68 Å². The molecule has 108 valence electrons. The van der Waals surface area contributed by atoms with E-state index in [-0.39, 0.29) is 0 Å². The third-order valence-electron chi connectivity index (χ3n) is 2.85. The van der Waals surface area contributed by atoms with Crippen LogP contribution in [0.15, 0.2) is 24.5 Å². The van der Waals surface area contributed by atoms with Crippen molar-refractivity contribution >= 4 is 23.2 Å². The van der Waals surface area contributed by atoms with Gasteiger partial charge in [-0.25, -0.2) is 0 Å². The van der Waals surface area contributed by atoms with Gasteiger partial charge in [0.05, 0.1) is 17.8 Å². The first kappa shape index (κ1) is 15.2. The van der Waals surface area contributed by atoms with Crippen LogP contribution in [0.25, 0.3) is 0 Å². The largest absolute Gasteiger partial charge is 0.491 e. The molecule has 0 unspecified atom stereocenters. The van der Waals surface area contributed by atoms with Gasteiger partial charge < -0.3 is 10.1 Å². The molecule has 0 bridgehead atoms. The molecule has 6 heteroatoms. The van der Waals surface area contributed by atoms with Gasteiger partial charge in [0.25, 0.3) is 0 Å². The van der Waals surface area contributed by atoms with Crippen molar-refractivity contribution in [2.24, 2.45) is 7.05 Å². The van der Waals surface area contributed by atoms with E-state index in [1.54, 1.807) is 10.7 Å². The van der Waals surface area contributed by atoms with Crippen LogP contribution in [-0.4, -0.2) is 23.4 Å². The Morgan fingerprint density at radius 3 is 2.80 bits per heavy atom. The summed E-state index contributed by atoms with van der Waals surface area (Å²) in [6, 6.07) is 3.56. The molecule has 0 saturated carbocycles. The van der Waals surface area contributed by atoms with Gasteiger partial charge in [0.15, 0.2) is 0 Å². The summed E-state index contributed by atoms with van der Waals surface area (Å²) in [5, 5.41) is 8.35. The first-order valence-electron chi connectivity index (χ1n) is 6.33. The van der Waals surface area contributed by atoms with Gasteiger partial charge in [0, 0.05) is 36.8 Å². The van der Waals surface area contributed by atoms with E-state index in [0.717, 1.165) is 17.5 Å². The van der Waals surface area contributed by atoms with Crippen LogP contribution in [0, 0.1) is 0 Å². The molecule has 0 radical (unpaired) electrons. The number of benzene rings is 1. The van der Waals surface area contributed by atoms with Crippen LogP contribution >= 0.6 is 23.2 Å². The van der Waals surface area contributed by atoms with Crippen LogP contribution < -0.4 is 10.1 Å². The Balaban J connectivity index is 2.04. The summed E-state index contributed by atoms with van der Waals surface area (Å²) in [6.45, 7) is 1.20. The third kappa shape index (κ3) is 3.88. The lowest BCUT2D eigenvalue weighted by atomic mass is 10.2. The maximum absolute atomic E-state index is 6.20. The molecule has 4 nitrogen and oxygen atoms in total. The Kier molecular flexibility index (Phi) is 5.29. The molecule has 0 atom stereocenters. The minimum absolute atomic E-state index is 0.536. The number of aromatic nitrogens is 2. The summed E-state index contributed by atoms with van der Waals surface area (Å²) < 4.78 is 7.60. The van der Waals surface area contributed by atoms with Crippen LogP contribution in [0.2, 0.25) is 10.0 Å². The van der Waals surface area contributed by atoms with E-state index >= 15 is 0 Å². The minimum Gasteiger partial charge on any atom is -0.491 e. The Morgan fingerprint density at radius 1 is 1.35 bits per heavy atom. The number of halogens is 2. The van der Waals surface area contributed by atoms with E-state index in [0.29, 0.717) is 28.9 Å². The minimum atomic E-state index is 0.536. The monoisotopic (exact) mass is 313 g/mol. The third-order valence-corrected chi connectivity index (χ3v) is 3.35. The van der Waals surface area contributed by atoms with Gasteiger partial charge in [-0.15, -0.1) is 0 Å². The van der Waals surface area contributed by atoms with Gasteiger partial charge in [0.1, 0.15) is 5.75 Å². The van der Waals surface area contributed by atoms with Crippen molar-refractivity contribution in [2.75, 3.05) is 13.7 Å². The van der Waals surface area contributed by atoms with Crippen LogP contribution in [-0.2, 0) is 20.0 Å². The quantitative estimate of drug-likeness (QED) is 0.891. The number of rotatable bonds is 6. The second kappa shape index (κ2) is 6.97. The van der Waals surface area contributed by atoms with E-state index in [2.05, 4.69) is 10.4 Å². The predicted molar refractivity (Wildman–Crippen MR) is 81.6 cm³/mol. The van der Waals surface area contributed by atoms with E-state index < -0.39 is 0 Å². The van der Waals surface area contributed by atoms with Gasteiger partial charge in [-0.2, -0.15) is 5.10 Å². The average molecular weight is 314 g/mol. The van der Waals surface area contributed by atoms with Crippen LogP contribution in [0.5, 0.6) is 5.75 Å². The van der Waals surface area contributed by atoms with Crippen molar-refractivity contribution in [1.29, 1.82) is 0 Å². The lowest BCUT2D eigenvalue weighted by Crippen LogP contribution is -2.09. The van der Waals surface area contributed by atoms with E-state index in [1.165, 1.54) is 0 Å². The van der Waals surface area contributed by atoms with Crippen molar-refractivity contribution in [2.45, 2.75) is 13.0 Å². The van der Waals surface area contributed by atoms with Crippen molar-refractivity contribution in [3.8, 4) is 5.75 Å². The second-order valence-electron chi connectivity index (χ2n) is 4.53. The summed E-state index contributed by atoms with van der Waals surface area (Å²) in [7, 11) is 3.76. The lowest BCUT2D eigenvalue weighted by molar-refractivity contribution is 0.318. The molecular weight excluding hydrogens is 297 g/mol. The number of ether oxygens (including phenoxy) is 1. The van der Waals surface area contributed by atoms with Gasteiger partial charge >= 0.3 is 0 Å². The zero-order chi connectivity index (χ0) is 14.5. The highest BCUT2D eigenvalue weighted by atomic mass is 35.5. The Hall–Kier alpha value is -1.23. The highest BCUT2D eigenvalue weighted by Gasteiger charge is 2.10. The van der Waals surface area contributed by atoms with Crippen LogP contribution in [0.1, 0.15) is 11.1 Å². The highest BCUT2D eigenvalue weighted by molar-refractivity contribution is 6.35. The molecule has 0 fully saturated rings. The molecule has 2 aromatic rings. The van der Waals surface area contributed by atoms with Crippen LogP contribution in [0.3, 0.4) is 0 Å². The van der Waals surface area contributed by atoms with E-state index in [4.69, 9.17) is 27.9 Å². The fraction of sp³-hybridized carbons (Fsp3) is 0.357. The molecule has 0 saturated heterocycles. The average Bonchev–Trinajstić information content (AvgIpc) is 2.78. The van der Waals surface area contributed by atoms with Gasteiger partial charge in [-0.05, 0) is 24.7 Å². The summed E-state index contributed by atoms with van der Waals surface area (Å²) in [5.41, 5.74) is 2.09. The summed E-state index contributed by atoms with van der Waals surface area (Å²) in [4.78, 5) is 0. The topological polar surface area (TPSA) is 39.1 Å². The fourth-order valence-electron chi connectivity index (χ4n) is 1.97. The number of nitrogens with one attached hydrogen (secondary N) is 1. The first-order chi connectivity index (χ1) is 9.60. The van der Waals surface area contributed by atoms with Crippen molar-refractivity contribution < 1.29 is 4.74 Å². The highest BCUT2D eigenvalue weighted by Crippen LogP contribution is 2.32. The maximum Gasteiger partial charge on any atom is 0.142 e. The molecule has 1 N–H and O–H groups in total. The van der Waals surface area contributed by atoms with Gasteiger partial charge in [-0.1, -0.05) is 23.2 Å². The molecular formula is C14H17Cl2N3O. The lowest BCUT2D eigenvalue weighted by Gasteiger charge is -2.13. The summed E-state index contributed by atoms with van der Waals surface area (Å²) in [6.07, 6.45) is 4.59. The van der Waals surface area contributed by atoms with E-state index in [1.807, 2.05) is 32.6 Å². The molecule has 2 rings (SSSR count). The Bertz CT molecular complexity index is 584. The number of hydrogen-bond donors (Lipinski definition) is 1. The number of hydrogen-bond acceptors (Lipinski definition) is 3. The molecule has 20 heavy (non-hydrogen) atoms. The first-order valence-corrected chi connectivity index (χ1v) is 7.08. The summed E-state index contributed by atoms with van der Waals surface area (Å²) in [5.74, 6) is 0.689. The predicted octanol–water partition coefficient (Wildman–Crippen LogP) is 3.07. The smallest absolute Gasteiger partial charge is 0.142 e. The standard InChI is InChI=1S/C14H17Cl2N3O/c1-17-8-11-5-12(15)6-13(16)14(11)20-4-3-10-7-18-19(2)9-10/h5-7,9,17H,3-4,8H2,1-2H3. The number of nitrogens with zero attached hydrogens (tertiary/aromatic N) is 2. The second-order valence-corrected chi connectivity index (χ2v) is 5.37. The molecule has 1 aromatic heterocycles. The number of aryl methyl sites for hydroxylation is 1. The maximum atomic E-state index is 6.20. The zero-order valence-corrected chi connectivity index (χ0v) is 13.0. The fourth-order valence-corrected chi connectivity index (χ4v) is 2.56. The molecule has 0 aliphatic carbocycles. The molecule has 1 aromatic carbocycles. The molecule has 0 aliphatic rings. The van der Waals surface area contributed by atoms with Gasteiger partial charge in [0.2, 0.25) is 0 Å². The molecule has 0 aliphatic heterocycles. The SMILES string of the molecule is CNCc1cc(Cl)cc(Cl)c1OCCc1cnn(C)c1. The molecule has 0 amide bonds. The van der Waals surface area contributed by atoms with Crippen molar-refractivity contribution in [1.82, 2.24) is 15.1 Å². The Morgan fingerprint density at radius 2 is 2.15 bits per heavy atom. The normalized spacial score (nSPS) is 10.8. The molecule has 0 spiro atoms. The van der Waals surface area contributed by atoms with E-state index in [9.17, 15) is 0 Å². The van der Waals surface area contributed by atoms with Crippen molar-refractivity contribution in [3.63, 3.8) is 0 Å². The summed E-state index contributed by atoms with van der Waals surface area (Å²) >= 11 is 12.2. The Labute approximate surface area is 128 Å². The molecule has 1 heterocycles. The van der Waals surface area contributed by atoms with Crippen LogP contribution in [0.4, 0.5) is 0 Å².